The number of nitrogens with zero attached hydrogens (tertiary/aromatic N) is 1. The van der Waals surface area contributed by atoms with Crippen molar-refractivity contribution < 1.29 is 4.79 Å². The molecule has 0 N–H and O–H groups in total. The second kappa shape index (κ2) is 3.27. The molecule has 2 nitrogen and oxygen atoms in total. The molecule has 84 valence electrons. The number of ketones is 1. The van der Waals surface area contributed by atoms with Crippen molar-refractivity contribution in [3.63, 3.8) is 0 Å². The Kier molecular flexibility index (Phi) is 1.96. The quantitative estimate of drug-likeness (QED) is 0.585. The number of aryl methyl sites for hydroxylation is 3. The summed E-state index contributed by atoms with van der Waals surface area (Å²) >= 11 is 0. The van der Waals surface area contributed by atoms with Crippen LogP contribution in [0.2, 0.25) is 0 Å². The standard InChI is InChI=1S/C15H13NO/c1-8-4-9(2)14-11-6-10(3)16-7-13(11)15(17)12(14)5-8/h4-7H,1-3H3. The molecule has 0 fully saturated rings. The van der Waals surface area contributed by atoms with Crippen molar-refractivity contribution in [2.45, 2.75) is 20.8 Å². The van der Waals surface area contributed by atoms with E-state index in [1.807, 2.05) is 26.0 Å². The third-order valence-electron chi connectivity index (χ3n) is 3.28. The minimum Gasteiger partial charge on any atom is -0.289 e. The summed E-state index contributed by atoms with van der Waals surface area (Å²) in [5.74, 6) is 0.106. The lowest BCUT2D eigenvalue weighted by molar-refractivity contribution is 0.104. The van der Waals surface area contributed by atoms with Crippen LogP contribution in [0, 0.1) is 20.8 Å². The van der Waals surface area contributed by atoms with Crippen LogP contribution in [0.1, 0.15) is 32.7 Å². The van der Waals surface area contributed by atoms with Crippen LogP contribution in [0.25, 0.3) is 11.1 Å². The largest absolute Gasteiger partial charge is 0.289 e. The van der Waals surface area contributed by atoms with Gasteiger partial charge >= 0.3 is 0 Å². The monoisotopic (exact) mass is 223 g/mol. The molecule has 1 aromatic carbocycles. The van der Waals surface area contributed by atoms with Crippen LogP contribution in [0.15, 0.2) is 24.4 Å². The summed E-state index contributed by atoms with van der Waals surface area (Å²) in [6.07, 6.45) is 1.70. The first kappa shape index (κ1) is 10.2. The van der Waals surface area contributed by atoms with E-state index in [0.717, 1.165) is 39.1 Å². The number of fused-ring (bicyclic) bond motifs is 3. The number of aromatic nitrogens is 1. The number of carbonyl (C=O) groups is 1. The topological polar surface area (TPSA) is 30.0 Å². The van der Waals surface area contributed by atoms with E-state index >= 15 is 0 Å². The smallest absolute Gasteiger partial charge is 0.195 e. The minimum atomic E-state index is 0.106. The third-order valence-corrected chi connectivity index (χ3v) is 3.28. The molecule has 1 aliphatic rings. The van der Waals surface area contributed by atoms with Crippen molar-refractivity contribution >= 4 is 5.78 Å². The van der Waals surface area contributed by atoms with E-state index in [0.29, 0.717) is 0 Å². The lowest BCUT2D eigenvalue weighted by Gasteiger charge is -2.06. The molecule has 0 saturated heterocycles. The first-order chi connectivity index (χ1) is 8.08. The fraction of sp³-hybridized carbons (Fsp3) is 0.200. The van der Waals surface area contributed by atoms with Crippen LogP contribution in [0.5, 0.6) is 0 Å². The SMILES string of the molecule is Cc1cc(C)c2c(c1)C(=O)c1cnc(C)cc1-2. The summed E-state index contributed by atoms with van der Waals surface area (Å²) in [5, 5.41) is 0. The Morgan fingerprint density at radius 1 is 0.941 bits per heavy atom. The van der Waals surface area contributed by atoms with Crippen LogP contribution >= 0.6 is 0 Å². The Bertz CT molecular complexity index is 656. The highest BCUT2D eigenvalue weighted by Crippen LogP contribution is 2.39. The fourth-order valence-electron chi connectivity index (χ4n) is 2.60. The van der Waals surface area contributed by atoms with E-state index in [2.05, 4.69) is 18.0 Å². The minimum absolute atomic E-state index is 0.106. The van der Waals surface area contributed by atoms with Gasteiger partial charge in [0.2, 0.25) is 0 Å². The molecule has 1 heterocycles. The maximum atomic E-state index is 12.3. The molecule has 2 aromatic rings. The molecule has 3 rings (SSSR count). The number of hydrogen-bond acceptors (Lipinski definition) is 2. The predicted molar refractivity (Wildman–Crippen MR) is 67.3 cm³/mol. The van der Waals surface area contributed by atoms with Crippen molar-refractivity contribution in [2.75, 3.05) is 0 Å². The fourth-order valence-corrected chi connectivity index (χ4v) is 2.60. The number of rotatable bonds is 0. The second-order valence-electron chi connectivity index (χ2n) is 4.70. The summed E-state index contributed by atoms with van der Waals surface area (Å²) in [5.41, 5.74) is 6.93. The van der Waals surface area contributed by atoms with E-state index in [4.69, 9.17) is 0 Å². The number of benzene rings is 1. The molecule has 2 heteroatoms. The molecule has 0 radical (unpaired) electrons. The summed E-state index contributed by atoms with van der Waals surface area (Å²) in [6, 6.07) is 6.10. The van der Waals surface area contributed by atoms with E-state index in [9.17, 15) is 4.79 Å². The predicted octanol–water partition coefficient (Wildman–Crippen LogP) is 3.22. The normalized spacial score (nSPS) is 12.5. The van der Waals surface area contributed by atoms with Gasteiger partial charge in [0.15, 0.2) is 5.78 Å². The second-order valence-corrected chi connectivity index (χ2v) is 4.70. The maximum Gasteiger partial charge on any atom is 0.195 e. The molecule has 0 saturated carbocycles. The Morgan fingerprint density at radius 3 is 2.47 bits per heavy atom. The molecule has 0 bridgehead atoms. The molecular formula is C15H13NO. The number of pyridine rings is 1. The van der Waals surface area contributed by atoms with E-state index < -0.39 is 0 Å². The zero-order chi connectivity index (χ0) is 12.2. The lowest BCUT2D eigenvalue weighted by atomic mass is 9.98. The highest BCUT2D eigenvalue weighted by atomic mass is 16.1. The Hall–Kier alpha value is -1.96. The van der Waals surface area contributed by atoms with E-state index in [1.54, 1.807) is 6.20 Å². The van der Waals surface area contributed by atoms with Gasteiger partial charge < -0.3 is 0 Å². The molecule has 0 aliphatic heterocycles. The van der Waals surface area contributed by atoms with Crippen LogP contribution in [-0.4, -0.2) is 10.8 Å². The van der Waals surface area contributed by atoms with Crippen LogP contribution in [0.4, 0.5) is 0 Å². The Labute approximate surface area is 100 Å². The van der Waals surface area contributed by atoms with E-state index in [-0.39, 0.29) is 5.78 Å². The van der Waals surface area contributed by atoms with Crippen molar-refractivity contribution in [1.29, 1.82) is 0 Å². The Balaban J connectivity index is 2.41. The number of hydrogen-bond donors (Lipinski definition) is 0. The van der Waals surface area contributed by atoms with Gasteiger partial charge in [-0.2, -0.15) is 0 Å². The molecule has 1 aromatic heterocycles. The van der Waals surface area contributed by atoms with Crippen molar-refractivity contribution in [3.05, 3.63) is 52.3 Å². The summed E-state index contributed by atoms with van der Waals surface area (Å²) in [6.45, 7) is 6.03. The van der Waals surface area contributed by atoms with Crippen LogP contribution in [-0.2, 0) is 0 Å². The average molecular weight is 223 g/mol. The molecule has 0 unspecified atom stereocenters. The average Bonchev–Trinajstić information content (AvgIpc) is 2.52. The first-order valence-electron chi connectivity index (χ1n) is 5.71. The van der Waals surface area contributed by atoms with Crippen molar-refractivity contribution in [3.8, 4) is 11.1 Å². The molecule has 0 spiro atoms. The molecular weight excluding hydrogens is 210 g/mol. The highest BCUT2D eigenvalue weighted by Gasteiger charge is 2.28. The van der Waals surface area contributed by atoms with Gasteiger partial charge in [-0.05, 0) is 49.6 Å². The zero-order valence-corrected chi connectivity index (χ0v) is 10.2. The Morgan fingerprint density at radius 2 is 1.71 bits per heavy atom. The summed E-state index contributed by atoms with van der Waals surface area (Å²) in [7, 11) is 0. The van der Waals surface area contributed by atoms with Crippen molar-refractivity contribution in [1.82, 2.24) is 4.98 Å². The van der Waals surface area contributed by atoms with Crippen molar-refractivity contribution in [2.24, 2.45) is 0 Å². The van der Waals surface area contributed by atoms with Gasteiger partial charge in [-0.25, -0.2) is 0 Å². The van der Waals surface area contributed by atoms with Crippen LogP contribution in [0.3, 0.4) is 0 Å². The molecule has 0 atom stereocenters. The zero-order valence-electron chi connectivity index (χ0n) is 10.2. The summed E-state index contributed by atoms with van der Waals surface area (Å²) < 4.78 is 0. The lowest BCUT2D eigenvalue weighted by Crippen LogP contribution is -1.96. The maximum absolute atomic E-state index is 12.3. The van der Waals surface area contributed by atoms with Gasteiger partial charge in [-0.1, -0.05) is 11.6 Å². The summed E-state index contributed by atoms with van der Waals surface area (Å²) in [4.78, 5) is 16.5. The number of carbonyl (C=O) groups excluding carboxylic acids is 1. The van der Waals surface area contributed by atoms with E-state index in [1.165, 1.54) is 0 Å². The van der Waals surface area contributed by atoms with Gasteiger partial charge in [0.25, 0.3) is 0 Å². The van der Waals surface area contributed by atoms with Gasteiger partial charge in [0.05, 0.1) is 0 Å². The first-order valence-corrected chi connectivity index (χ1v) is 5.71. The van der Waals surface area contributed by atoms with Gasteiger partial charge in [-0.15, -0.1) is 0 Å². The molecule has 1 aliphatic carbocycles. The highest BCUT2D eigenvalue weighted by molar-refractivity contribution is 6.22. The van der Waals surface area contributed by atoms with Gasteiger partial charge in [0, 0.05) is 23.0 Å². The third kappa shape index (κ3) is 1.34. The molecule has 0 amide bonds. The van der Waals surface area contributed by atoms with Crippen LogP contribution < -0.4 is 0 Å². The molecule has 17 heavy (non-hydrogen) atoms. The van der Waals surface area contributed by atoms with Gasteiger partial charge in [-0.3, -0.25) is 9.78 Å². The van der Waals surface area contributed by atoms with Gasteiger partial charge in [0.1, 0.15) is 0 Å².